The van der Waals surface area contributed by atoms with Crippen LogP contribution in [0.25, 0.3) is 11.4 Å². The number of anilines is 1. The zero-order chi connectivity index (χ0) is 22.7. The van der Waals surface area contributed by atoms with Gasteiger partial charge in [0, 0.05) is 17.5 Å². The zero-order valence-corrected chi connectivity index (χ0v) is 19.4. The molecule has 0 aliphatic heterocycles. The van der Waals surface area contributed by atoms with Crippen LogP contribution in [0.5, 0.6) is 0 Å². The maximum atomic E-state index is 13.2. The van der Waals surface area contributed by atoms with Gasteiger partial charge >= 0.3 is 5.97 Å². The fourth-order valence-corrected chi connectivity index (χ4v) is 5.66. The number of esters is 1. The molecular formula is C22H23FN4O3S2. The van der Waals surface area contributed by atoms with Crippen molar-refractivity contribution in [2.24, 2.45) is 7.05 Å². The lowest BCUT2D eigenvalue weighted by atomic mass is 9.95. The van der Waals surface area contributed by atoms with Crippen molar-refractivity contribution < 1.29 is 18.7 Å². The predicted molar refractivity (Wildman–Crippen MR) is 123 cm³/mol. The number of thioether (sulfide) groups is 1. The lowest BCUT2D eigenvalue weighted by Crippen LogP contribution is -2.17. The highest BCUT2D eigenvalue weighted by Gasteiger charge is 2.27. The lowest BCUT2D eigenvalue weighted by Gasteiger charge is -2.12. The van der Waals surface area contributed by atoms with E-state index in [2.05, 4.69) is 15.5 Å². The number of carbonyl (C=O) groups excluding carboxylic acids is 2. The van der Waals surface area contributed by atoms with Crippen LogP contribution >= 0.6 is 23.1 Å². The summed E-state index contributed by atoms with van der Waals surface area (Å²) >= 11 is 2.71. The number of ether oxygens (including phenoxy) is 1. The van der Waals surface area contributed by atoms with Crippen LogP contribution < -0.4 is 5.32 Å². The number of fused-ring (bicyclic) bond motifs is 1. The molecule has 1 N–H and O–H groups in total. The van der Waals surface area contributed by atoms with Gasteiger partial charge in [-0.1, -0.05) is 11.8 Å². The second-order valence-electron chi connectivity index (χ2n) is 7.34. The van der Waals surface area contributed by atoms with E-state index in [1.54, 1.807) is 30.7 Å². The minimum Gasteiger partial charge on any atom is -0.462 e. The Morgan fingerprint density at radius 2 is 1.97 bits per heavy atom. The number of aryl methyl sites for hydroxylation is 1. The topological polar surface area (TPSA) is 86.1 Å². The number of nitrogens with zero attached hydrogens (tertiary/aromatic N) is 3. The van der Waals surface area contributed by atoms with E-state index in [1.807, 2.05) is 0 Å². The SMILES string of the molecule is CCOC(=O)c1c(NC(=O)CSc2nnc(-c3ccc(F)cc3)n2C)sc2c1CCCC2. The molecule has 1 aliphatic rings. The summed E-state index contributed by atoms with van der Waals surface area (Å²) in [6.07, 6.45) is 3.86. The summed E-state index contributed by atoms with van der Waals surface area (Å²) in [6.45, 7) is 2.06. The number of halogens is 1. The summed E-state index contributed by atoms with van der Waals surface area (Å²) in [5.74, 6) is -0.235. The molecule has 3 aromatic rings. The van der Waals surface area contributed by atoms with Gasteiger partial charge in [0.1, 0.15) is 10.8 Å². The Morgan fingerprint density at radius 1 is 1.22 bits per heavy atom. The summed E-state index contributed by atoms with van der Waals surface area (Å²) in [4.78, 5) is 26.4. The summed E-state index contributed by atoms with van der Waals surface area (Å²) in [6, 6.07) is 6.00. The van der Waals surface area contributed by atoms with Crippen LogP contribution in [0.4, 0.5) is 9.39 Å². The molecule has 2 heterocycles. The van der Waals surface area contributed by atoms with Crippen molar-refractivity contribution in [3.63, 3.8) is 0 Å². The third kappa shape index (κ3) is 4.71. The van der Waals surface area contributed by atoms with E-state index in [0.29, 0.717) is 21.5 Å². The first-order valence-electron chi connectivity index (χ1n) is 10.4. The molecule has 0 saturated carbocycles. The number of carbonyl (C=O) groups is 2. The first kappa shape index (κ1) is 22.5. The van der Waals surface area contributed by atoms with Gasteiger partial charge in [-0.25, -0.2) is 9.18 Å². The van der Waals surface area contributed by atoms with Crippen molar-refractivity contribution in [2.45, 2.75) is 37.8 Å². The van der Waals surface area contributed by atoms with Gasteiger partial charge in [0.2, 0.25) is 5.91 Å². The minimum absolute atomic E-state index is 0.111. The Labute approximate surface area is 193 Å². The molecule has 32 heavy (non-hydrogen) atoms. The second-order valence-corrected chi connectivity index (χ2v) is 9.39. The molecule has 1 amide bonds. The molecule has 0 spiro atoms. The number of nitrogens with one attached hydrogen (secondary N) is 1. The summed E-state index contributed by atoms with van der Waals surface area (Å²) in [7, 11) is 1.80. The van der Waals surface area contributed by atoms with E-state index < -0.39 is 0 Å². The predicted octanol–water partition coefficient (Wildman–Crippen LogP) is 4.47. The van der Waals surface area contributed by atoms with Crippen molar-refractivity contribution >= 4 is 40.0 Å². The van der Waals surface area contributed by atoms with Gasteiger partial charge in [-0.05, 0) is 62.4 Å². The molecule has 0 radical (unpaired) electrons. The fourth-order valence-electron chi connectivity index (χ4n) is 3.66. The number of hydrogen-bond acceptors (Lipinski definition) is 7. The third-order valence-corrected chi connectivity index (χ3v) is 7.40. The Balaban J connectivity index is 1.45. The highest BCUT2D eigenvalue weighted by atomic mass is 32.2. The quantitative estimate of drug-likeness (QED) is 0.402. The Bertz CT molecular complexity index is 1140. The van der Waals surface area contributed by atoms with Crippen LogP contribution in [0.3, 0.4) is 0 Å². The van der Waals surface area contributed by atoms with E-state index in [-0.39, 0.29) is 30.1 Å². The van der Waals surface area contributed by atoms with Gasteiger partial charge < -0.3 is 14.6 Å². The number of rotatable bonds is 7. The maximum absolute atomic E-state index is 13.2. The molecule has 0 fully saturated rings. The molecule has 1 aromatic carbocycles. The van der Waals surface area contributed by atoms with Gasteiger partial charge in [-0.15, -0.1) is 21.5 Å². The van der Waals surface area contributed by atoms with E-state index >= 15 is 0 Å². The van der Waals surface area contributed by atoms with E-state index in [4.69, 9.17) is 4.74 Å². The minimum atomic E-state index is -0.382. The molecular weight excluding hydrogens is 451 g/mol. The Kier molecular flexibility index (Phi) is 6.90. The van der Waals surface area contributed by atoms with Gasteiger partial charge in [0.15, 0.2) is 11.0 Å². The second kappa shape index (κ2) is 9.83. The summed E-state index contributed by atoms with van der Waals surface area (Å²) < 4.78 is 20.2. The number of amides is 1. The number of hydrogen-bond donors (Lipinski definition) is 1. The van der Waals surface area contributed by atoms with Crippen molar-refractivity contribution in [1.29, 1.82) is 0 Å². The van der Waals surface area contributed by atoms with Crippen LogP contribution in [0.15, 0.2) is 29.4 Å². The van der Waals surface area contributed by atoms with E-state index in [1.165, 1.54) is 35.2 Å². The molecule has 168 valence electrons. The number of aromatic nitrogens is 3. The molecule has 0 unspecified atom stereocenters. The van der Waals surface area contributed by atoms with Crippen molar-refractivity contribution in [3.05, 3.63) is 46.1 Å². The highest BCUT2D eigenvalue weighted by Crippen LogP contribution is 2.38. The normalized spacial score (nSPS) is 13.0. The largest absolute Gasteiger partial charge is 0.462 e. The van der Waals surface area contributed by atoms with Gasteiger partial charge in [0.25, 0.3) is 0 Å². The highest BCUT2D eigenvalue weighted by molar-refractivity contribution is 7.99. The monoisotopic (exact) mass is 474 g/mol. The lowest BCUT2D eigenvalue weighted by molar-refractivity contribution is -0.113. The van der Waals surface area contributed by atoms with Crippen molar-refractivity contribution in [1.82, 2.24) is 14.8 Å². The first-order chi connectivity index (χ1) is 15.5. The Hall–Kier alpha value is -2.72. The molecule has 2 aromatic heterocycles. The molecule has 0 saturated heterocycles. The van der Waals surface area contributed by atoms with Crippen LogP contribution in [-0.4, -0.2) is 39.0 Å². The number of thiophene rings is 1. The molecule has 0 bridgehead atoms. The molecule has 7 nitrogen and oxygen atoms in total. The Morgan fingerprint density at radius 3 is 2.72 bits per heavy atom. The van der Waals surface area contributed by atoms with Crippen LogP contribution in [0.2, 0.25) is 0 Å². The van der Waals surface area contributed by atoms with Crippen LogP contribution in [0.1, 0.15) is 40.6 Å². The molecule has 0 atom stereocenters. The van der Waals surface area contributed by atoms with Gasteiger partial charge in [-0.2, -0.15) is 0 Å². The molecule has 10 heteroatoms. The zero-order valence-electron chi connectivity index (χ0n) is 17.8. The summed E-state index contributed by atoms with van der Waals surface area (Å²) in [5.41, 5.74) is 2.25. The van der Waals surface area contributed by atoms with E-state index in [9.17, 15) is 14.0 Å². The average molecular weight is 475 g/mol. The average Bonchev–Trinajstić information content (AvgIpc) is 3.33. The third-order valence-electron chi connectivity index (χ3n) is 5.17. The van der Waals surface area contributed by atoms with Crippen molar-refractivity contribution in [3.8, 4) is 11.4 Å². The van der Waals surface area contributed by atoms with E-state index in [0.717, 1.165) is 41.7 Å². The maximum Gasteiger partial charge on any atom is 0.341 e. The van der Waals surface area contributed by atoms with Crippen LogP contribution in [-0.2, 0) is 29.4 Å². The smallest absolute Gasteiger partial charge is 0.341 e. The fraction of sp³-hybridized carbons (Fsp3) is 0.364. The molecule has 4 rings (SSSR count). The summed E-state index contributed by atoms with van der Waals surface area (Å²) in [5, 5.41) is 12.3. The van der Waals surface area contributed by atoms with Crippen molar-refractivity contribution in [2.75, 3.05) is 17.7 Å². The first-order valence-corrected chi connectivity index (χ1v) is 12.2. The number of benzene rings is 1. The standard InChI is InChI=1S/C22H23FN4O3S2/c1-3-30-21(29)18-15-6-4-5-7-16(15)32-20(18)24-17(28)12-31-22-26-25-19(27(22)2)13-8-10-14(23)11-9-13/h8-11H,3-7,12H2,1-2H3,(H,24,28). The van der Waals surface area contributed by atoms with Gasteiger partial charge in [0.05, 0.1) is 17.9 Å². The molecule has 1 aliphatic carbocycles. The van der Waals surface area contributed by atoms with Crippen LogP contribution in [0, 0.1) is 5.82 Å². The van der Waals surface area contributed by atoms with Gasteiger partial charge in [-0.3, -0.25) is 4.79 Å².